The fourth-order valence-corrected chi connectivity index (χ4v) is 3.75. The average molecular weight is 433 g/mol. The second kappa shape index (κ2) is 9.51. The summed E-state index contributed by atoms with van der Waals surface area (Å²) in [5, 5.41) is 2.71. The molecule has 0 radical (unpaired) electrons. The minimum atomic E-state index is -0.583. The molecule has 0 atom stereocenters. The van der Waals surface area contributed by atoms with Gasteiger partial charge in [0.15, 0.2) is 0 Å². The number of carbonyl (C=O) groups is 2. The summed E-state index contributed by atoms with van der Waals surface area (Å²) in [5.41, 5.74) is 2.13. The van der Waals surface area contributed by atoms with Crippen molar-refractivity contribution in [3.05, 3.63) is 89.7 Å². The predicted molar refractivity (Wildman–Crippen MR) is 122 cm³/mol. The van der Waals surface area contributed by atoms with Crippen molar-refractivity contribution in [2.24, 2.45) is 0 Å². The number of nitrogens with zero attached hydrogens (tertiary/aromatic N) is 2. The van der Waals surface area contributed by atoms with Gasteiger partial charge in [-0.2, -0.15) is 0 Å². The van der Waals surface area contributed by atoms with Gasteiger partial charge in [-0.25, -0.2) is 9.18 Å². The smallest absolute Gasteiger partial charge is 0.324 e. The highest BCUT2D eigenvalue weighted by Crippen LogP contribution is 2.25. The summed E-state index contributed by atoms with van der Waals surface area (Å²) in [6, 6.07) is 20.4. The molecule has 0 saturated carbocycles. The summed E-state index contributed by atoms with van der Waals surface area (Å²) in [5.74, 6) is -0.368. The van der Waals surface area contributed by atoms with E-state index in [9.17, 15) is 14.0 Å². The van der Waals surface area contributed by atoms with Gasteiger partial charge in [0.25, 0.3) is 5.91 Å². The molecule has 0 spiro atoms. The molecule has 0 unspecified atom stereocenters. The first-order valence-electron chi connectivity index (χ1n) is 10.4. The van der Waals surface area contributed by atoms with Crippen LogP contribution in [0.3, 0.4) is 0 Å². The molecule has 7 heteroatoms. The van der Waals surface area contributed by atoms with Crippen molar-refractivity contribution >= 4 is 23.3 Å². The van der Waals surface area contributed by atoms with Crippen LogP contribution in [0.5, 0.6) is 5.75 Å². The number of hydrogen-bond acceptors (Lipinski definition) is 3. The molecule has 1 saturated heterocycles. The Morgan fingerprint density at radius 3 is 2.66 bits per heavy atom. The molecule has 164 valence electrons. The van der Waals surface area contributed by atoms with Crippen LogP contribution in [0, 0.1) is 5.82 Å². The van der Waals surface area contributed by atoms with Gasteiger partial charge in [-0.15, -0.1) is 0 Å². The molecule has 1 N–H and O–H groups in total. The van der Waals surface area contributed by atoms with E-state index in [0.717, 1.165) is 17.7 Å². The fourth-order valence-electron chi connectivity index (χ4n) is 3.75. The summed E-state index contributed by atoms with van der Waals surface area (Å²) >= 11 is 0. The Morgan fingerprint density at radius 2 is 1.84 bits per heavy atom. The second-order valence-electron chi connectivity index (χ2n) is 7.55. The first-order chi connectivity index (χ1) is 15.5. The molecule has 0 aromatic heterocycles. The first kappa shape index (κ1) is 21.4. The van der Waals surface area contributed by atoms with Gasteiger partial charge in [-0.1, -0.05) is 30.3 Å². The lowest BCUT2D eigenvalue weighted by Gasteiger charge is -2.36. The minimum Gasteiger partial charge on any atom is -0.497 e. The van der Waals surface area contributed by atoms with E-state index < -0.39 is 11.7 Å². The quantitative estimate of drug-likeness (QED) is 0.600. The van der Waals surface area contributed by atoms with Crippen LogP contribution < -0.4 is 15.0 Å². The average Bonchev–Trinajstić information content (AvgIpc) is 2.81. The summed E-state index contributed by atoms with van der Waals surface area (Å²) in [4.78, 5) is 29.1. The van der Waals surface area contributed by atoms with Gasteiger partial charge in [0.05, 0.1) is 12.7 Å². The van der Waals surface area contributed by atoms with Crippen LogP contribution in [0.15, 0.2) is 72.8 Å². The van der Waals surface area contributed by atoms with Gasteiger partial charge >= 0.3 is 6.03 Å². The Bertz CT molecular complexity index is 1130. The number of hydrogen-bond donors (Lipinski definition) is 1. The SMILES string of the molecule is COc1cccc(CN2CCCN(c3cccc(NC(=O)c4ccccc4F)c3)C2=O)c1. The Kier molecular flexibility index (Phi) is 6.35. The lowest BCUT2D eigenvalue weighted by atomic mass is 10.1. The molecule has 3 aromatic rings. The molecule has 3 aromatic carbocycles. The maximum atomic E-state index is 13.9. The Hall–Kier alpha value is -3.87. The number of amides is 3. The van der Waals surface area contributed by atoms with Crippen molar-refractivity contribution in [2.45, 2.75) is 13.0 Å². The molecule has 1 heterocycles. The molecule has 6 nitrogen and oxygen atoms in total. The molecule has 4 rings (SSSR count). The number of nitrogens with one attached hydrogen (secondary N) is 1. The van der Waals surface area contributed by atoms with Crippen LogP contribution in [-0.4, -0.2) is 37.0 Å². The third-order valence-electron chi connectivity index (χ3n) is 5.35. The molecular weight excluding hydrogens is 409 g/mol. The van der Waals surface area contributed by atoms with Crippen molar-refractivity contribution in [3.63, 3.8) is 0 Å². The van der Waals surface area contributed by atoms with Gasteiger partial charge in [0, 0.05) is 31.0 Å². The maximum Gasteiger partial charge on any atom is 0.324 e. The lowest BCUT2D eigenvalue weighted by molar-refractivity contribution is 0.102. The number of methoxy groups -OCH3 is 1. The molecule has 1 fully saturated rings. The van der Waals surface area contributed by atoms with Crippen molar-refractivity contribution in [2.75, 3.05) is 30.4 Å². The molecule has 32 heavy (non-hydrogen) atoms. The highest BCUT2D eigenvalue weighted by molar-refractivity contribution is 6.05. The van der Waals surface area contributed by atoms with Crippen molar-refractivity contribution in [3.8, 4) is 5.75 Å². The van der Waals surface area contributed by atoms with Gasteiger partial charge in [-0.05, 0) is 54.4 Å². The molecule has 0 bridgehead atoms. The highest BCUT2D eigenvalue weighted by Gasteiger charge is 2.27. The number of urea groups is 1. The van der Waals surface area contributed by atoms with Crippen LogP contribution in [-0.2, 0) is 6.54 Å². The normalized spacial score (nSPS) is 13.8. The standard InChI is InChI=1S/C25H24FN3O3/c1-32-21-10-4-7-18(15-21)17-28-13-6-14-29(25(28)31)20-9-5-8-19(16-20)27-24(30)22-11-2-3-12-23(22)26/h2-5,7-12,15-16H,6,13-14,17H2,1H3,(H,27,30). The van der Waals surface area contributed by atoms with E-state index in [-0.39, 0.29) is 11.6 Å². The largest absolute Gasteiger partial charge is 0.497 e. The molecule has 3 amide bonds. The number of ether oxygens (including phenoxy) is 1. The van der Waals surface area contributed by atoms with Crippen molar-refractivity contribution < 1.29 is 18.7 Å². The Labute approximate surface area is 186 Å². The molecule has 0 aliphatic carbocycles. The number of anilines is 2. The third kappa shape index (κ3) is 4.72. The maximum absolute atomic E-state index is 13.9. The predicted octanol–water partition coefficient (Wildman–Crippen LogP) is 4.92. The van der Waals surface area contributed by atoms with E-state index in [1.807, 2.05) is 30.3 Å². The van der Waals surface area contributed by atoms with Crippen molar-refractivity contribution in [1.82, 2.24) is 4.90 Å². The summed E-state index contributed by atoms with van der Waals surface area (Å²) < 4.78 is 19.2. The zero-order valence-corrected chi connectivity index (χ0v) is 17.8. The molecular formula is C25H24FN3O3. The number of rotatable bonds is 6. The summed E-state index contributed by atoms with van der Waals surface area (Å²) in [7, 11) is 1.62. The number of benzene rings is 3. The van der Waals surface area contributed by atoms with Gasteiger partial charge in [0.2, 0.25) is 0 Å². The van der Waals surface area contributed by atoms with Gasteiger partial charge < -0.3 is 15.0 Å². The highest BCUT2D eigenvalue weighted by atomic mass is 19.1. The number of carbonyl (C=O) groups excluding carboxylic acids is 2. The van der Waals surface area contributed by atoms with Crippen LogP contribution in [0.1, 0.15) is 22.3 Å². The zero-order chi connectivity index (χ0) is 22.5. The molecule has 1 aliphatic rings. The second-order valence-corrected chi connectivity index (χ2v) is 7.55. The third-order valence-corrected chi connectivity index (χ3v) is 5.35. The lowest BCUT2D eigenvalue weighted by Crippen LogP contribution is -2.49. The van der Waals surface area contributed by atoms with E-state index in [0.29, 0.717) is 31.0 Å². The van der Waals surface area contributed by atoms with Crippen LogP contribution in [0.4, 0.5) is 20.6 Å². The topological polar surface area (TPSA) is 61.9 Å². The summed E-state index contributed by atoms with van der Waals surface area (Å²) in [6.45, 7) is 1.73. The zero-order valence-electron chi connectivity index (χ0n) is 17.8. The Morgan fingerprint density at radius 1 is 1.03 bits per heavy atom. The number of halogens is 1. The minimum absolute atomic E-state index is 0.0311. The van der Waals surface area contributed by atoms with E-state index in [1.165, 1.54) is 18.2 Å². The van der Waals surface area contributed by atoms with Gasteiger partial charge in [0.1, 0.15) is 11.6 Å². The van der Waals surface area contributed by atoms with Crippen LogP contribution >= 0.6 is 0 Å². The summed E-state index contributed by atoms with van der Waals surface area (Å²) in [6.07, 6.45) is 0.821. The van der Waals surface area contributed by atoms with Crippen LogP contribution in [0.25, 0.3) is 0 Å². The van der Waals surface area contributed by atoms with Gasteiger partial charge in [-0.3, -0.25) is 9.69 Å². The van der Waals surface area contributed by atoms with E-state index in [4.69, 9.17) is 4.74 Å². The molecule has 1 aliphatic heterocycles. The monoisotopic (exact) mass is 433 g/mol. The van der Waals surface area contributed by atoms with Crippen LogP contribution in [0.2, 0.25) is 0 Å². The van der Waals surface area contributed by atoms with E-state index in [2.05, 4.69) is 5.32 Å². The fraction of sp³-hybridized carbons (Fsp3) is 0.200. The van der Waals surface area contributed by atoms with E-state index >= 15 is 0 Å². The van der Waals surface area contributed by atoms with Crippen molar-refractivity contribution in [1.29, 1.82) is 0 Å². The first-order valence-corrected chi connectivity index (χ1v) is 10.4. The van der Waals surface area contributed by atoms with E-state index in [1.54, 1.807) is 41.2 Å². The Balaban J connectivity index is 1.49.